The smallest absolute Gasteiger partial charge is 0.273 e. The van der Waals surface area contributed by atoms with E-state index in [9.17, 15) is 4.79 Å². The second-order valence-electron chi connectivity index (χ2n) is 6.12. The molecule has 0 saturated heterocycles. The van der Waals surface area contributed by atoms with Gasteiger partial charge in [0.2, 0.25) is 0 Å². The first-order chi connectivity index (χ1) is 8.22. The lowest BCUT2D eigenvalue weighted by Crippen LogP contribution is -2.28. The van der Waals surface area contributed by atoms with Gasteiger partial charge in [0.1, 0.15) is 0 Å². The molecule has 0 saturated carbocycles. The van der Waals surface area contributed by atoms with Crippen LogP contribution in [0.2, 0.25) is 0 Å². The number of rotatable bonds is 4. The van der Waals surface area contributed by atoms with Crippen LogP contribution < -0.4 is 11.1 Å². The lowest BCUT2D eigenvalue weighted by molar-refractivity contribution is 0.0945. The van der Waals surface area contributed by atoms with E-state index in [1.807, 2.05) is 13.8 Å². The van der Waals surface area contributed by atoms with Crippen LogP contribution in [0.15, 0.2) is 0 Å². The van der Waals surface area contributed by atoms with Crippen LogP contribution in [0.3, 0.4) is 0 Å². The number of aromatic nitrogens is 2. The van der Waals surface area contributed by atoms with Crippen molar-refractivity contribution in [2.75, 3.05) is 12.3 Å². The van der Waals surface area contributed by atoms with Crippen LogP contribution in [0.4, 0.5) is 5.69 Å². The van der Waals surface area contributed by atoms with Gasteiger partial charge in [-0.1, -0.05) is 34.6 Å². The molecule has 1 aromatic rings. The molecular formula is C13H24N4O. The number of aromatic amines is 1. The van der Waals surface area contributed by atoms with Crippen LogP contribution in [0.1, 0.15) is 63.1 Å². The third-order valence-corrected chi connectivity index (χ3v) is 2.79. The molecule has 5 nitrogen and oxygen atoms in total. The maximum atomic E-state index is 11.9. The molecule has 5 heteroatoms. The largest absolute Gasteiger partial charge is 0.395 e. The van der Waals surface area contributed by atoms with Gasteiger partial charge in [0, 0.05) is 6.54 Å². The summed E-state index contributed by atoms with van der Waals surface area (Å²) in [4.78, 5) is 11.9. The molecule has 0 radical (unpaired) electrons. The Kier molecular flexibility index (Phi) is 4.38. The van der Waals surface area contributed by atoms with Crippen molar-refractivity contribution in [1.82, 2.24) is 15.5 Å². The summed E-state index contributed by atoms with van der Waals surface area (Å²) in [5.74, 6) is 0.0218. The number of amides is 1. The maximum Gasteiger partial charge on any atom is 0.273 e. The molecule has 0 aliphatic heterocycles. The average Bonchev–Trinajstić information content (AvgIpc) is 2.57. The van der Waals surface area contributed by atoms with E-state index in [4.69, 9.17) is 5.73 Å². The Labute approximate surface area is 109 Å². The van der Waals surface area contributed by atoms with Crippen molar-refractivity contribution in [3.8, 4) is 0 Å². The van der Waals surface area contributed by atoms with E-state index >= 15 is 0 Å². The number of anilines is 1. The zero-order valence-electron chi connectivity index (χ0n) is 11.9. The third-order valence-electron chi connectivity index (χ3n) is 2.79. The van der Waals surface area contributed by atoms with Crippen LogP contribution in [0.25, 0.3) is 0 Å². The number of nitrogens with one attached hydrogen (secondary N) is 2. The van der Waals surface area contributed by atoms with E-state index in [0.29, 0.717) is 17.9 Å². The van der Waals surface area contributed by atoms with E-state index < -0.39 is 0 Å². The molecular weight excluding hydrogens is 228 g/mol. The van der Waals surface area contributed by atoms with Crippen molar-refractivity contribution in [2.45, 2.75) is 47.0 Å². The number of nitrogens with zero attached hydrogens (tertiary/aromatic N) is 1. The van der Waals surface area contributed by atoms with Gasteiger partial charge in [-0.3, -0.25) is 9.89 Å². The first-order valence-electron chi connectivity index (χ1n) is 6.34. The highest BCUT2D eigenvalue weighted by atomic mass is 16.1. The summed E-state index contributed by atoms with van der Waals surface area (Å²) in [6, 6.07) is 0. The van der Waals surface area contributed by atoms with E-state index in [0.717, 1.165) is 12.1 Å². The van der Waals surface area contributed by atoms with Crippen molar-refractivity contribution >= 4 is 11.6 Å². The molecule has 1 rings (SSSR count). The van der Waals surface area contributed by atoms with Gasteiger partial charge in [0.15, 0.2) is 5.69 Å². The zero-order chi connectivity index (χ0) is 13.9. The molecule has 0 aromatic carbocycles. The molecule has 0 spiro atoms. The van der Waals surface area contributed by atoms with Gasteiger partial charge in [-0.2, -0.15) is 5.10 Å². The topological polar surface area (TPSA) is 83.8 Å². The highest BCUT2D eigenvalue weighted by Gasteiger charge is 2.19. The minimum absolute atomic E-state index is 0.202. The molecule has 102 valence electrons. The Morgan fingerprint density at radius 2 is 2.06 bits per heavy atom. The van der Waals surface area contributed by atoms with Crippen LogP contribution in [-0.4, -0.2) is 22.6 Å². The molecule has 0 unspecified atom stereocenters. The van der Waals surface area contributed by atoms with Crippen LogP contribution in [0, 0.1) is 5.41 Å². The highest BCUT2D eigenvalue weighted by Crippen LogP contribution is 2.22. The van der Waals surface area contributed by atoms with Crippen molar-refractivity contribution in [3.05, 3.63) is 11.4 Å². The lowest BCUT2D eigenvalue weighted by Gasteiger charge is -2.17. The molecule has 1 aromatic heterocycles. The molecule has 1 heterocycles. The molecule has 0 atom stereocenters. The Hall–Kier alpha value is -1.52. The number of hydrogen-bond donors (Lipinski definition) is 3. The Bertz CT molecular complexity index is 415. The zero-order valence-corrected chi connectivity index (χ0v) is 11.9. The van der Waals surface area contributed by atoms with Gasteiger partial charge in [-0.05, 0) is 17.8 Å². The summed E-state index contributed by atoms with van der Waals surface area (Å²) < 4.78 is 0. The number of H-pyrrole nitrogens is 1. The van der Waals surface area contributed by atoms with Crippen molar-refractivity contribution in [2.24, 2.45) is 5.41 Å². The Morgan fingerprint density at radius 1 is 1.44 bits per heavy atom. The fourth-order valence-electron chi connectivity index (χ4n) is 1.61. The number of nitrogens with two attached hydrogens (primary N) is 1. The SMILES string of the molecule is CC(C)c1[nH]nc(C(=O)NCCC(C)(C)C)c1N. The summed E-state index contributed by atoms with van der Waals surface area (Å²) in [5.41, 5.74) is 7.68. The number of carbonyl (C=O) groups excluding carboxylic acids is 1. The Balaban J connectivity index is 2.63. The Morgan fingerprint density at radius 3 is 2.50 bits per heavy atom. The number of carbonyl (C=O) groups is 1. The monoisotopic (exact) mass is 252 g/mol. The highest BCUT2D eigenvalue weighted by molar-refractivity contribution is 5.97. The van der Waals surface area contributed by atoms with Crippen LogP contribution in [0.5, 0.6) is 0 Å². The molecule has 1 amide bonds. The van der Waals surface area contributed by atoms with Crippen molar-refractivity contribution in [3.63, 3.8) is 0 Å². The first kappa shape index (κ1) is 14.5. The van der Waals surface area contributed by atoms with E-state index in [1.54, 1.807) is 0 Å². The van der Waals surface area contributed by atoms with E-state index in [2.05, 4.69) is 36.3 Å². The standard InChI is InChI=1S/C13H24N4O/c1-8(2)10-9(14)11(17-16-10)12(18)15-7-6-13(3,4)5/h8H,6-7,14H2,1-5H3,(H,15,18)(H,16,17). The molecule has 18 heavy (non-hydrogen) atoms. The predicted octanol–water partition coefficient (Wildman–Crippen LogP) is 2.28. The van der Waals surface area contributed by atoms with E-state index in [-0.39, 0.29) is 17.2 Å². The molecule has 4 N–H and O–H groups in total. The summed E-state index contributed by atoms with van der Waals surface area (Å²) >= 11 is 0. The minimum Gasteiger partial charge on any atom is -0.395 e. The predicted molar refractivity (Wildman–Crippen MR) is 73.5 cm³/mol. The van der Waals surface area contributed by atoms with Gasteiger partial charge in [0.05, 0.1) is 11.4 Å². The van der Waals surface area contributed by atoms with Gasteiger partial charge < -0.3 is 11.1 Å². The van der Waals surface area contributed by atoms with Crippen LogP contribution >= 0.6 is 0 Å². The number of nitrogen functional groups attached to an aromatic ring is 1. The third kappa shape index (κ3) is 3.75. The fourth-order valence-corrected chi connectivity index (χ4v) is 1.61. The second-order valence-corrected chi connectivity index (χ2v) is 6.12. The molecule has 0 fully saturated rings. The summed E-state index contributed by atoms with van der Waals surface area (Å²) in [5, 5.41) is 9.66. The second kappa shape index (κ2) is 5.42. The van der Waals surface area contributed by atoms with Gasteiger partial charge in [0.25, 0.3) is 5.91 Å². The van der Waals surface area contributed by atoms with Gasteiger partial charge in [-0.15, -0.1) is 0 Å². The van der Waals surface area contributed by atoms with Crippen molar-refractivity contribution < 1.29 is 4.79 Å². The van der Waals surface area contributed by atoms with E-state index in [1.165, 1.54) is 0 Å². The summed E-state index contributed by atoms with van der Waals surface area (Å²) in [6.07, 6.45) is 0.917. The van der Waals surface area contributed by atoms with Crippen LogP contribution in [-0.2, 0) is 0 Å². The molecule has 0 aliphatic carbocycles. The quantitative estimate of drug-likeness (QED) is 0.768. The first-order valence-corrected chi connectivity index (χ1v) is 6.34. The normalized spacial score (nSPS) is 11.9. The average molecular weight is 252 g/mol. The maximum absolute atomic E-state index is 11.9. The summed E-state index contributed by atoms with van der Waals surface area (Å²) in [6.45, 7) is 11.1. The lowest BCUT2D eigenvalue weighted by atomic mass is 9.92. The van der Waals surface area contributed by atoms with Crippen molar-refractivity contribution in [1.29, 1.82) is 0 Å². The summed E-state index contributed by atoms with van der Waals surface area (Å²) in [7, 11) is 0. The fraction of sp³-hybridized carbons (Fsp3) is 0.692. The van der Waals surface area contributed by atoms with Gasteiger partial charge in [-0.25, -0.2) is 0 Å². The molecule has 0 aliphatic rings. The number of hydrogen-bond acceptors (Lipinski definition) is 3. The minimum atomic E-state index is -0.208. The molecule has 0 bridgehead atoms. The van der Waals surface area contributed by atoms with Gasteiger partial charge >= 0.3 is 0 Å².